The number of likely N-dealkylation sites (tertiary alicyclic amines) is 1. The fourth-order valence-electron chi connectivity index (χ4n) is 2.47. The SMILES string of the molecule is CS(=O)(=O)N1CCN(C(=O)NCCOCCN2C(=O)CCC2=O)C1=O. The maximum Gasteiger partial charge on any atom is 0.341 e. The van der Waals surface area contributed by atoms with Gasteiger partial charge in [-0.1, -0.05) is 0 Å². The van der Waals surface area contributed by atoms with Crippen LogP contribution in [0.25, 0.3) is 0 Å². The van der Waals surface area contributed by atoms with Crippen molar-refractivity contribution >= 4 is 33.9 Å². The lowest BCUT2D eigenvalue weighted by Crippen LogP contribution is -2.44. The van der Waals surface area contributed by atoms with E-state index in [4.69, 9.17) is 4.74 Å². The van der Waals surface area contributed by atoms with Gasteiger partial charge in [-0.3, -0.25) is 14.5 Å². The lowest BCUT2D eigenvalue weighted by atomic mass is 10.4. The molecule has 2 aliphatic heterocycles. The first-order valence-electron chi connectivity index (χ1n) is 7.70. The van der Waals surface area contributed by atoms with Gasteiger partial charge in [0.15, 0.2) is 0 Å². The molecule has 2 rings (SSSR count). The Balaban J connectivity index is 1.64. The molecule has 0 atom stereocenters. The lowest BCUT2D eigenvalue weighted by molar-refractivity contribution is -0.139. The van der Waals surface area contributed by atoms with Gasteiger partial charge in [-0.2, -0.15) is 0 Å². The first-order valence-corrected chi connectivity index (χ1v) is 9.54. The summed E-state index contributed by atoms with van der Waals surface area (Å²) in [5.74, 6) is -0.435. The molecule has 2 saturated heterocycles. The van der Waals surface area contributed by atoms with Crippen molar-refractivity contribution < 1.29 is 32.3 Å². The number of imide groups is 2. The molecule has 0 spiro atoms. The fourth-order valence-corrected chi connectivity index (χ4v) is 3.26. The third-order valence-corrected chi connectivity index (χ3v) is 4.89. The average molecular weight is 376 g/mol. The van der Waals surface area contributed by atoms with Gasteiger partial charge in [-0.05, 0) is 0 Å². The third-order valence-electron chi connectivity index (χ3n) is 3.75. The Bertz CT molecular complexity index is 662. The Kier molecular flexibility index (Phi) is 5.95. The van der Waals surface area contributed by atoms with E-state index < -0.39 is 22.1 Å². The quantitative estimate of drug-likeness (QED) is 0.425. The number of amides is 6. The highest BCUT2D eigenvalue weighted by molar-refractivity contribution is 7.88. The molecular weight excluding hydrogens is 356 g/mol. The molecule has 0 radical (unpaired) electrons. The molecule has 0 aromatic rings. The molecule has 6 amide bonds. The molecule has 1 N–H and O–H groups in total. The number of hydrogen-bond acceptors (Lipinski definition) is 7. The summed E-state index contributed by atoms with van der Waals surface area (Å²) in [7, 11) is -3.69. The van der Waals surface area contributed by atoms with Crippen molar-refractivity contribution in [2.24, 2.45) is 0 Å². The number of nitrogens with zero attached hydrogens (tertiary/aromatic N) is 3. The Hall–Kier alpha value is -2.21. The predicted octanol–water partition coefficient (Wildman–Crippen LogP) is -1.44. The third kappa shape index (κ3) is 4.66. The van der Waals surface area contributed by atoms with Crippen LogP contribution in [0, 0.1) is 0 Å². The van der Waals surface area contributed by atoms with E-state index in [1.54, 1.807) is 0 Å². The second kappa shape index (κ2) is 7.78. The van der Waals surface area contributed by atoms with Crippen molar-refractivity contribution in [2.45, 2.75) is 12.8 Å². The number of urea groups is 2. The summed E-state index contributed by atoms with van der Waals surface area (Å²) in [6.07, 6.45) is 1.35. The number of sulfonamides is 1. The van der Waals surface area contributed by atoms with Gasteiger partial charge >= 0.3 is 12.1 Å². The smallest absolute Gasteiger partial charge is 0.341 e. The Morgan fingerprint density at radius 1 is 1.12 bits per heavy atom. The number of ether oxygens (including phenoxy) is 1. The van der Waals surface area contributed by atoms with E-state index >= 15 is 0 Å². The second-order valence-corrected chi connectivity index (χ2v) is 7.46. The molecule has 0 aliphatic carbocycles. The van der Waals surface area contributed by atoms with Crippen molar-refractivity contribution in [3.63, 3.8) is 0 Å². The molecule has 25 heavy (non-hydrogen) atoms. The molecule has 0 saturated carbocycles. The van der Waals surface area contributed by atoms with E-state index in [1.165, 1.54) is 0 Å². The molecule has 12 heteroatoms. The van der Waals surface area contributed by atoms with Crippen LogP contribution in [0.4, 0.5) is 9.59 Å². The van der Waals surface area contributed by atoms with Gasteiger partial charge in [0.2, 0.25) is 21.8 Å². The highest BCUT2D eigenvalue weighted by Gasteiger charge is 2.38. The monoisotopic (exact) mass is 376 g/mol. The van der Waals surface area contributed by atoms with Gasteiger partial charge in [-0.15, -0.1) is 0 Å². The Labute approximate surface area is 144 Å². The van der Waals surface area contributed by atoms with Crippen LogP contribution in [0.5, 0.6) is 0 Å². The van der Waals surface area contributed by atoms with Crippen LogP contribution in [0.2, 0.25) is 0 Å². The van der Waals surface area contributed by atoms with Crippen molar-refractivity contribution in [3.05, 3.63) is 0 Å². The average Bonchev–Trinajstić information content (AvgIpc) is 3.06. The number of hydrogen-bond donors (Lipinski definition) is 1. The minimum Gasteiger partial charge on any atom is -0.378 e. The summed E-state index contributed by atoms with van der Waals surface area (Å²) in [5.41, 5.74) is 0. The predicted molar refractivity (Wildman–Crippen MR) is 83.8 cm³/mol. The van der Waals surface area contributed by atoms with Crippen LogP contribution >= 0.6 is 0 Å². The zero-order valence-corrected chi connectivity index (χ0v) is 14.6. The first-order chi connectivity index (χ1) is 11.7. The van der Waals surface area contributed by atoms with Crippen LogP contribution in [0.15, 0.2) is 0 Å². The van der Waals surface area contributed by atoms with Crippen molar-refractivity contribution in [3.8, 4) is 0 Å². The van der Waals surface area contributed by atoms with E-state index in [0.717, 1.165) is 16.1 Å². The minimum absolute atomic E-state index is 0.0161. The van der Waals surface area contributed by atoms with Crippen molar-refractivity contribution in [1.82, 2.24) is 19.4 Å². The molecule has 0 unspecified atom stereocenters. The Morgan fingerprint density at radius 3 is 2.32 bits per heavy atom. The molecule has 2 fully saturated rings. The molecule has 140 valence electrons. The van der Waals surface area contributed by atoms with Gasteiger partial charge in [0.25, 0.3) is 0 Å². The van der Waals surface area contributed by atoms with Gasteiger partial charge in [0.05, 0.1) is 39.1 Å². The summed E-state index contributed by atoms with van der Waals surface area (Å²) < 4.78 is 28.6. The van der Waals surface area contributed by atoms with Gasteiger partial charge < -0.3 is 10.1 Å². The van der Waals surface area contributed by atoms with Crippen LogP contribution < -0.4 is 5.32 Å². The van der Waals surface area contributed by atoms with E-state index in [2.05, 4.69) is 5.32 Å². The molecule has 2 aliphatic rings. The van der Waals surface area contributed by atoms with E-state index in [1.807, 2.05) is 0 Å². The van der Waals surface area contributed by atoms with Gasteiger partial charge in [0.1, 0.15) is 0 Å². The molecule has 11 nitrogen and oxygen atoms in total. The summed E-state index contributed by atoms with van der Waals surface area (Å²) in [4.78, 5) is 48.4. The highest BCUT2D eigenvalue weighted by atomic mass is 32.2. The zero-order valence-electron chi connectivity index (χ0n) is 13.8. The lowest BCUT2D eigenvalue weighted by Gasteiger charge is -2.16. The fraction of sp³-hybridized carbons (Fsp3) is 0.692. The van der Waals surface area contributed by atoms with Crippen LogP contribution in [0.3, 0.4) is 0 Å². The maximum absolute atomic E-state index is 11.9. The topological polar surface area (TPSA) is 133 Å². The van der Waals surface area contributed by atoms with E-state index in [0.29, 0.717) is 4.31 Å². The zero-order chi connectivity index (χ0) is 18.6. The van der Waals surface area contributed by atoms with Crippen LogP contribution in [-0.2, 0) is 24.3 Å². The van der Waals surface area contributed by atoms with E-state index in [9.17, 15) is 27.6 Å². The molecule has 2 heterocycles. The first kappa shape index (κ1) is 19.1. The number of rotatable bonds is 7. The summed E-state index contributed by atoms with van der Waals surface area (Å²) in [5, 5.41) is 2.45. The molecule has 0 bridgehead atoms. The largest absolute Gasteiger partial charge is 0.378 e. The van der Waals surface area contributed by atoms with Gasteiger partial charge in [-0.25, -0.2) is 27.2 Å². The number of nitrogens with one attached hydrogen (secondary N) is 1. The second-order valence-electron chi connectivity index (χ2n) is 5.55. The van der Waals surface area contributed by atoms with E-state index in [-0.39, 0.29) is 64.0 Å². The number of carbonyl (C=O) groups excluding carboxylic acids is 4. The minimum atomic E-state index is -3.69. The summed E-state index contributed by atoms with van der Waals surface area (Å²) in [6.45, 7) is 0.456. The van der Waals surface area contributed by atoms with Gasteiger partial charge in [0, 0.05) is 19.4 Å². The number of carbonyl (C=O) groups is 4. The summed E-state index contributed by atoms with van der Waals surface area (Å²) >= 11 is 0. The summed E-state index contributed by atoms with van der Waals surface area (Å²) in [6, 6.07) is -1.59. The maximum atomic E-state index is 11.9. The molecule has 0 aromatic heterocycles. The molecule has 0 aromatic carbocycles. The van der Waals surface area contributed by atoms with Crippen LogP contribution in [-0.4, -0.2) is 92.0 Å². The standard InChI is InChI=1S/C13H20N4O7S/c1-25(22,23)17-6-5-16(13(17)21)12(20)14-4-8-24-9-7-15-10(18)2-3-11(15)19/h2-9H2,1H3,(H,14,20). The highest BCUT2D eigenvalue weighted by Crippen LogP contribution is 2.12. The van der Waals surface area contributed by atoms with Crippen molar-refractivity contribution in [2.75, 3.05) is 45.6 Å². The van der Waals surface area contributed by atoms with Crippen LogP contribution in [0.1, 0.15) is 12.8 Å². The normalized spacial score (nSPS) is 18.4. The molecular formula is C13H20N4O7S. The van der Waals surface area contributed by atoms with Crippen molar-refractivity contribution in [1.29, 1.82) is 0 Å². The Morgan fingerprint density at radius 2 is 1.76 bits per heavy atom.